The summed E-state index contributed by atoms with van der Waals surface area (Å²) >= 11 is 5.34. The van der Waals surface area contributed by atoms with Crippen LogP contribution < -0.4 is 0 Å². The molecule has 0 bridgehead atoms. The highest BCUT2D eigenvalue weighted by molar-refractivity contribution is 6.33. The monoisotopic (exact) mass is 376 g/mol. The first-order valence-electron chi connectivity index (χ1n) is 10.6. The maximum atomic E-state index is 9.72. The average molecular weight is 377 g/mol. The normalized spacial score (nSPS) is 9.60. The second kappa shape index (κ2) is 28.5. The lowest BCUT2D eigenvalue weighted by Crippen LogP contribution is -1.82. The molecule has 0 saturated carbocycles. The SMILES string of the molecule is CCCCC(Cl)=C=O.CCCCCCCCCCCCCCCC.O. The molecule has 0 rings (SSSR count). The van der Waals surface area contributed by atoms with Gasteiger partial charge in [0.15, 0.2) is 0 Å². The Labute approximate surface area is 163 Å². The lowest BCUT2D eigenvalue weighted by Gasteiger charge is -2.02. The van der Waals surface area contributed by atoms with E-state index in [9.17, 15) is 4.79 Å². The number of hydrogen-bond acceptors (Lipinski definition) is 1. The summed E-state index contributed by atoms with van der Waals surface area (Å²) in [6.45, 7) is 6.63. The number of hydrogen-bond donors (Lipinski definition) is 0. The highest BCUT2D eigenvalue weighted by Gasteiger charge is 1.93. The first-order valence-corrected chi connectivity index (χ1v) is 11.0. The van der Waals surface area contributed by atoms with Gasteiger partial charge in [-0.25, -0.2) is 4.79 Å². The molecule has 0 heterocycles. The van der Waals surface area contributed by atoms with Crippen molar-refractivity contribution in [3.8, 4) is 0 Å². The molecule has 3 heteroatoms. The molecule has 0 aromatic heterocycles. The van der Waals surface area contributed by atoms with Gasteiger partial charge in [-0.2, -0.15) is 0 Å². The van der Waals surface area contributed by atoms with Gasteiger partial charge in [0.2, 0.25) is 0 Å². The van der Waals surface area contributed by atoms with Crippen LogP contribution in [0.1, 0.15) is 130 Å². The van der Waals surface area contributed by atoms with Crippen molar-refractivity contribution in [2.75, 3.05) is 0 Å². The van der Waals surface area contributed by atoms with Gasteiger partial charge in [-0.1, -0.05) is 129 Å². The van der Waals surface area contributed by atoms with E-state index in [2.05, 4.69) is 20.8 Å². The van der Waals surface area contributed by atoms with Crippen molar-refractivity contribution in [3.05, 3.63) is 5.03 Å². The van der Waals surface area contributed by atoms with Gasteiger partial charge in [-0.05, 0) is 12.8 Å². The van der Waals surface area contributed by atoms with Crippen LogP contribution in [0.3, 0.4) is 0 Å². The zero-order valence-electron chi connectivity index (χ0n) is 17.3. The Balaban J connectivity index is -0.000000457. The summed E-state index contributed by atoms with van der Waals surface area (Å²) in [5.41, 5.74) is 0. The van der Waals surface area contributed by atoms with Crippen LogP contribution >= 0.6 is 11.6 Å². The molecule has 0 atom stereocenters. The first kappa shape index (κ1) is 29.5. The molecular weight excluding hydrogens is 332 g/mol. The number of allylic oxidation sites excluding steroid dienone is 1. The van der Waals surface area contributed by atoms with E-state index in [1.165, 1.54) is 89.9 Å². The Hall–Kier alpha value is -0.300. The van der Waals surface area contributed by atoms with E-state index < -0.39 is 0 Å². The van der Waals surface area contributed by atoms with E-state index in [1.807, 2.05) is 0 Å². The van der Waals surface area contributed by atoms with Crippen molar-refractivity contribution in [2.24, 2.45) is 0 Å². The van der Waals surface area contributed by atoms with Gasteiger partial charge in [-0.15, -0.1) is 0 Å². The summed E-state index contributed by atoms with van der Waals surface area (Å²) in [6, 6.07) is 0. The van der Waals surface area contributed by atoms with Crippen LogP contribution in [0.5, 0.6) is 0 Å². The minimum Gasteiger partial charge on any atom is -0.412 e. The number of unbranched alkanes of at least 4 members (excludes halogenated alkanes) is 14. The molecule has 0 aliphatic rings. The zero-order valence-corrected chi connectivity index (χ0v) is 18.1. The molecule has 152 valence electrons. The van der Waals surface area contributed by atoms with Crippen molar-refractivity contribution in [1.29, 1.82) is 0 Å². The van der Waals surface area contributed by atoms with Crippen LogP contribution in [-0.2, 0) is 4.79 Å². The Kier molecular flexibility index (Phi) is 33.6. The van der Waals surface area contributed by atoms with Crippen molar-refractivity contribution < 1.29 is 10.3 Å². The van der Waals surface area contributed by atoms with E-state index in [0.29, 0.717) is 11.5 Å². The quantitative estimate of drug-likeness (QED) is 0.200. The van der Waals surface area contributed by atoms with Gasteiger partial charge in [0.05, 0.1) is 0 Å². The number of carbonyl (C=O) groups excluding carboxylic acids is 1. The molecule has 0 aliphatic heterocycles. The van der Waals surface area contributed by atoms with Gasteiger partial charge in [0.1, 0.15) is 11.0 Å². The lowest BCUT2D eigenvalue weighted by atomic mass is 10.0. The van der Waals surface area contributed by atoms with Crippen molar-refractivity contribution in [2.45, 2.75) is 130 Å². The largest absolute Gasteiger partial charge is 0.412 e. The highest BCUT2D eigenvalue weighted by Crippen LogP contribution is 2.12. The highest BCUT2D eigenvalue weighted by atomic mass is 35.5. The third kappa shape index (κ3) is 31.9. The Morgan fingerprint density at radius 2 is 0.880 bits per heavy atom. The molecule has 0 aromatic rings. The van der Waals surface area contributed by atoms with Crippen molar-refractivity contribution in [3.63, 3.8) is 0 Å². The smallest absolute Gasteiger partial charge is 0.140 e. The first-order chi connectivity index (χ1) is 11.7. The van der Waals surface area contributed by atoms with E-state index in [1.54, 1.807) is 5.94 Å². The molecule has 0 radical (unpaired) electrons. The van der Waals surface area contributed by atoms with Crippen LogP contribution in [0, 0.1) is 0 Å². The minimum atomic E-state index is 0. The fraction of sp³-hybridized carbons (Fsp3) is 0.909. The molecule has 0 unspecified atom stereocenters. The predicted molar refractivity (Wildman–Crippen MR) is 114 cm³/mol. The predicted octanol–water partition coefficient (Wildman–Crippen LogP) is 7.79. The Morgan fingerprint density at radius 3 is 1.12 bits per heavy atom. The average Bonchev–Trinajstić information content (AvgIpc) is 2.61. The number of halogens is 1. The van der Waals surface area contributed by atoms with Gasteiger partial charge < -0.3 is 5.48 Å². The van der Waals surface area contributed by atoms with Crippen molar-refractivity contribution in [1.82, 2.24) is 0 Å². The summed E-state index contributed by atoms with van der Waals surface area (Å²) < 4.78 is 0. The zero-order chi connectivity index (χ0) is 18.3. The van der Waals surface area contributed by atoms with Crippen LogP contribution in [-0.4, -0.2) is 11.4 Å². The van der Waals surface area contributed by atoms with E-state index in [0.717, 1.165) is 12.8 Å². The Morgan fingerprint density at radius 1 is 0.600 bits per heavy atom. The van der Waals surface area contributed by atoms with Crippen LogP contribution in [0.2, 0.25) is 0 Å². The fourth-order valence-corrected chi connectivity index (χ4v) is 2.78. The molecular formula is C22H45ClO2. The number of rotatable bonds is 16. The molecule has 0 aliphatic carbocycles. The van der Waals surface area contributed by atoms with Crippen LogP contribution in [0.4, 0.5) is 0 Å². The van der Waals surface area contributed by atoms with Gasteiger partial charge >= 0.3 is 0 Å². The molecule has 0 saturated heterocycles. The molecule has 0 aromatic carbocycles. The molecule has 2 N–H and O–H groups in total. The maximum Gasteiger partial charge on any atom is 0.140 e. The molecule has 0 fully saturated rings. The molecule has 0 spiro atoms. The second-order valence-electron chi connectivity index (χ2n) is 6.85. The van der Waals surface area contributed by atoms with Crippen molar-refractivity contribution >= 4 is 17.5 Å². The lowest BCUT2D eigenvalue weighted by molar-refractivity contribution is 0.538. The summed E-state index contributed by atoms with van der Waals surface area (Å²) in [5.74, 6) is 1.63. The summed E-state index contributed by atoms with van der Waals surface area (Å²) in [4.78, 5) is 9.72. The summed E-state index contributed by atoms with van der Waals surface area (Å²) in [6.07, 6.45) is 23.1. The van der Waals surface area contributed by atoms with Crippen LogP contribution in [0.25, 0.3) is 0 Å². The summed E-state index contributed by atoms with van der Waals surface area (Å²) in [7, 11) is 0. The molecule has 25 heavy (non-hydrogen) atoms. The van der Waals surface area contributed by atoms with E-state index in [4.69, 9.17) is 11.6 Å². The topological polar surface area (TPSA) is 48.6 Å². The molecule has 0 amide bonds. The van der Waals surface area contributed by atoms with Crippen LogP contribution in [0.15, 0.2) is 5.03 Å². The Bertz CT molecular complexity index is 259. The van der Waals surface area contributed by atoms with E-state index >= 15 is 0 Å². The van der Waals surface area contributed by atoms with Gasteiger partial charge in [0.25, 0.3) is 0 Å². The van der Waals surface area contributed by atoms with E-state index in [-0.39, 0.29) is 5.48 Å². The van der Waals surface area contributed by atoms with Gasteiger partial charge in [0, 0.05) is 0 Å². The van der Waals surface area contributed by atoms with Gasteiger partial charge in [-0.3, -0.25) is 0 Å². The minimum absolute atomic E-state index is 0. The third-order valence-electron chi connectivity index (χ3n) is 4.32. The second-order valence-corrected chi connectivity index (χ2v) is 7.31. The maximum absolute atomic E-state index is 9.72. The molecule has 2 nitrogen and oxygen atoms in total. The third-order valence-corrected chi connectivity index (χ3v) is 4.58. The fourth-order valence-electron chi connectivity index (χ4n) is 2.65. The standard InChI is InChI=1S/C16H34.C6H9ClO.H2O/c1-3-5-7-9-11-13-15-16-14-12-10-8-6-4-2;1-2-3-4-6(7)5-8;/h3-16H2,1-2H3;2-4H2,1H3;1H2. The summed E-state index contributed by atoms with van der Waals surface area (Å²) in [5, 5.41) is 0.312.